The molecular formula is C20H20N2O4S. The Morgan fingerprint density at radius 3 is 2.78 bits per heavy atom. The standard InChI is InChI=1S/C20H20N2O4S/c1-24-16-5-2-3-6-17(16)26-12-19-21-14(13-27-19)11-22(15-8-9-15)20(23)18-7-4-10-25-18/h2-7,10,13,15H,8-9,11-12H2,1H3. The number of ether oxygens (including phenoxy) is 2. The molecule has 0 N–H and O–H groups in total. The van der Waals surface area contributed by atoms with Crippen LogP contribution in [0.1, 0.15) is 34.1 Å². The monoisotopic (exact) mass is 384 g/mol. The number of benzene rings is 1. The number of hydrogen-bond donors (Lipinski definition) is 0. The summed E-state index contributed by atoms with van der Waals surface area (Å²) in [5, 5.41) is 2.84. The van der Waals surface area contributed by atoms with Crippen molar-refractivity contribution in [3.05, 3.63) is 64.5 Å². The number of methoxy groups -OCH3 is 1. The first-order valence-corrected chi connectivity index (χ1v) is 9.66. The molecule has 1 fully saturated rings. The number of hydrogen-bond acceptors (Lipinski definition) is 6. The predicted molar refractivity (Wildman–Crippen MR) is 101 cm³/mol. The van der Waals surface area contributed by atoms with E-state index in [1.165, 1.54) is 17.6 Å². The first kappa shape index (κ1) is 17.6. The summed E-state index contributed by atoms with van der Waals surface area (Å²) in [4.78, 5) is 19.1. The van der Waals surface area contributed by atoms with Crippen LogP contribution in [0.5, 0.6) is 11.5 Å². The van der Waals surface area contributed by atoms with Gasteiger partial charge in [0.05, 0.1) is 25.6 Å². The van der Waals surface area contributed by atoms with E-state index in [9.17, 15) is 4.79 Å². The number of furan rings is 1. The quantitative estimate of drug-likeness (QED) is 0.584. The van der Waals surface area contributed by atoms with Crippen molar-refractivity contribution in [1.82, 2.24) is 9.88 Å². The summed E-state index contributed by atoms with van der Waals surface area (Å²) < 4.78 is 16.4. The van der Waals surface area contributed by atoms with Gasteiger partial charge in [-0.2, -0.15) is 0 Å². The third-order valence-electron chi connectivity index (χ3n) is 4.33. The molecule has 6 nitrogen and oxygen atoms in total. The van der Waals surface area contributed by atoms with Gasteiger partial charge in [0.25, 0.3) is 5.91 Å². The highest BCUT2D eigenvalue weighted by atomic mass is 32.1. The van der Waals surface area contributed by atoms with Crippen molar-refractivity contribution in [2.75, 3.05) is 7.11 Å². The lowest BCUT2D eigenvalue weighted by Crippen LogP contribution is -2.32. The second-order valence-corrected chi connectivity index (χ2v) is 7.26. The van der Waals surface area contributed by atoms with Crippen LogP contribution in [0.4, 0.5) is 0 Å². The Kier molecular flexibility index (Phi) is 5.11. The summed E-state index contributed by atoms with van der Waals surface area (Å²) in [7, 11) is 1.62. The van der Waals surface area contributed by atoms with Gasteiger partial charge in [-0.25, -0.2) is 4.98 Å². The van der Waals surface area contributed by atoms with Gasteiger partial charge in [0.1, 0.15) is 11.6 Å². The predicted octanol–water partition coefficient (Wildman–Crippen LogP) is 4.13. The zero-order valence-corrected chi connectivity index (χ0v) is 15.8. The maximum absolute atomic E-state index is 12.6. The Hall–Kier alpha value is -2.80. The smallest absolute Gasteiger partial charge is 0.290 e. The molecule has 0 bridgehead atoms. The number of carbonyl (C=O) groups is 1. The number of rotatable bonds is 8. The number of para-hydroxylation sites is 2. The van der Waals surface area contributed by atoms with Crippen LogP contribution < -0.4 is 9.47 Å². The fourth-order valence-electron chi connectivity index (χ4n) is 2.83. The molecule has 0 saturated heterocycles. The summed E-state index contributed by atoms with van der Waals surface area (Å²) in [5.74, 6) is 1.67. The van der Waals surface area contributed by atoms with E-state index in [-0.39, 0.29) is 11.9 Å². The molecule has 7 heteroatoms. The SMILES string of the molecule is COc1ccccc1OCc1nc(CN(C(=O)c2ccco2)C2CC2)cs1. The normalized spacial score (nSPS) is 13.4. The van der Waals surface area contributed by atoms with Crippen molar-refractivity contribution >= 4 is 17.2 Å². The molecule has 0 unspecified atom stereocenters. The molecule has 0 atom stereocenters. The van der Waals surface area contributed by atoms with Gasteiger partial charge in [0.15, 0.2) is 17.3 Å². The summed E-state index contributed by atoms with van der Waals surface area (Å²) >= 11 is 1.53. The largest absolute Gasteiger partial charge is 0.493 e. The minimum Gasteiger partial charge on any atom is -0.493 e. The lowest BCUT2D eigenvalue weighted by molar-refractivity contribution is 0.0695. The number of nitrogens with zero attached hydrogens (tertiary/aromatic N) is 2. The van der Waals surface area contributed by atoms with E-state index < -0.39 is 0 Å². The molecule has 4 rings (SSSR count). The molecule has 2 heterocycles. The lowest BCUT2D eigenvalue weighted by atomic mass is 10.3. The van der Waals surface area contributed by atoms with Crippen LogP contribution >= 0.6 is 11.3 Å². The van der Waals surface area contributed by atoms with E-state index in [0.29, 0.717) is 30.4 Å². The Labute approximate surface area is 161 Å². The molecule has 2 aromatic heterocycles. The maximum atomic E-state index is 12.6. The van der Waals surface area contributed by atoms with Gasteiger partial charge in [-0.3, -0.25) is 4.79 Å². The third kappa shape index (κ3) is 4.14. The molecule has 1 amide bonds. The van der Waals surface area contributed by atoms with Gasteiger partial charge in [-0.15, -0.1) is 11.3 Å². The van der Waals surface area contributed by atoms with Crippen LogP contribution in [-0.2, 0) is 13.2 Å². The highest BCUT2D eigenvalue weighted by Crippen LogP contribution is 2.31. The molecule has 140 valence electrons. The molecule has 0 spiro atoms. The average molecular weight is 384 g/mol. The van der Waals surface area contributed by atoms with Crippen LogP contribution in [0.15, 0.2) is 52.5 Å². The number of aromatic nitrogens is 1. The summed E-state index contributed by atoms with van der Waals surface area (Å²) in [5.41, 5.74) is 0.866. The second-order valence-electron chi connectivity index (χ2n) is 6.31. The zero-order valence-electron chi connectivity index (χ0n) is 15.0. The summed E-state index contributed by atoms with van der Waals surface area (Å²) in [6.07, 6.45) is 3.58. The molecule has 3 aromatic rings. The van der Waals surface area contributed by atoms with Crippen LogP contribution in [0.25, 0.3) is 0 Å². The molecular weight excluding hydrogens is 364 g/mol. The van der Waals surface area contributed by atoms with E-state index in [2.05, 4.69) is 4.98 Å². The lowest BCUT2D eigenvalue weighted by Gasteiger charge is -2.20. The molecule has 0 radical (unpaired) electrons. The Morgan fingerprint density at radius 2 is 2.07 bits per heavy atom. The van der Waals surface area contributed by atoms with E-state index >= 15 is 0 Å². The number of carbonyl (C=O) groups excluding carboxylic acids is 1. The Bertz CT molecular complexity index is 902. The van der Waals surface area contributed by atoms with E-state index in [1.807, 2.05) is 34.5 Å². The third-order valence-corrected chi connectivity index (χ3v) is 5.20. The zero-order chi connectivity index (χ0) is 18.6. The van der Waals surface area contributed by atoms with Gasteiger partial charge in [0, 0.05) is 11.4 Å². The van der Waals surface area contributed by atoms with Gasteiger partial charge < -0.3 is 18.8 Å². The highest BCUT2D eigenvalue weighted by Gasteiger charge is 2.34. The van der Waals surface area contributed by atoms with Crippen LogP contribution in [0, 0.1) is 0 Å². The molecule has 27 heavy (non-hydrogen) atoms. The fourth-order valence-corrected chi connectivity index (χ4v) is 3.53. The molecule has 1 aromatic carbocycles. The van der Waals surface area contributed by atoms with Crippen molar-refractivity contribution in [3.63, 3.8) is 0 Å². The Balaban J connectivity index is 1.40. The fraction of sp³-hybridized carbons (Fsp3) is 0.300. The van der Waals surface area contributed by atoms with Crippen molar-refractivity contribution < 1.29 is 18.7 Å². The number of thiazole rings is 1. The number of amides is 1. The first-order valence-electron chi connectivity index (χ1n) is 8.78. The van der Waals surface area contributed by atoms with Crippen molar-refractivity contribution in [1.29, 1.82) is 0 Å². The average Bonchev–Trinajstić information content (AvgIpc) is 3.20. The van der Waals surface area contributed by atoms with Crippen molar-refractivity contribution in [2.24, 2.45) is 0 Å². The highest BCUT2D eigenvalue weighted by molar-refractivity contribution is 7.09. The van der Waals surface area contributed by atoms with Gasteiger partial charge in [-0.1, -0.05) is 12.1 Å². The minimum atomic E-state index is -0.0812. The summed E-state index contributed by atoms with van der Waals surface area (Å²) in [6, 6.07) is 11.2. The second kappa shape index (κ2) is 7.84. The van der Waals surface area contributed by atoms with E-state index in [4.69, 9.17) is 13.9 Å². The van der Waals surface area contributed by atoms with Crippen molar-refractivity contribution in [3.8, 4) is 11.5 Å². The summed E-state index contributed by atoms with van der Waals surface area (Å²) in [6.45, 7) is 0.843. The Morgan fingerprint density at radius 1 is 1.26 bits per heavy atom. The minimum absolute atomic E-state index is 0.0812. The van der Waals surface area contributed by atoms with Gasteiger partial charge >= 0.3 is 0 Å². The van der Waals surface area contributed by atoms with Gasteiger partial charge in [-0.05, 0) is 37.1 Å². The van der Waals surface area contributed by atoms with Gasteiger partial charge in [0.2, 0.25) is 0 Å². The van der Waals surface area contributed by atoms with Crippen LogP contribution in [-0.4, -0.2) is 28.9 Å². The molecule has 1 aliphatic rings. The van der Waals surface area contributed by atoms with E-state index in [1.54, 1.807) is 19.2 Å². The molecule has 0 aliphatic heterocycles. The van der Waals surface area contributed by atoms with Crippen LogP contribution in [0.3, 0.4) is 0 Å². The van der Waals surface area contributed by atoms with E-state index in [0.717, 1.165) is 23.5 Å². The molecule has 1 aliphatic carbocycles. The maximum Gasteiger partial charge on any atom is 0.290 e. The van der Waals surface area contributed by atoms with Crippen molar-refractivity contribution in [2.45, 2.75) is 32.0 Å². The van der Waals surface area contributed by atoms with Crippen LogP contribution in [0.2, 0.25) is 0 Å². The first-order chi connectivity index (χ1) is 13.2. The molecule has 1 saturated carbocycles. The topological polar surface area (TPSA) is 64.8 Å².